The van der Waals surface area contributed by atoms with Gasteiger partial charge in [-0.2, -0.15) is 0 Å². The van der Waals surface area contributed by atoms with E-state index in [1.165, 1.54) is 4.88 Å². The van der Waals surface area contributed by atoms with E-state index in [0.29, 0.717) is 16.5 Å². The van der Waals surface area contributed by atoms with Crippen molar-refractivity contribution in [3.05, 3.63) is 92.3 Å². The molecule has 1 atom stereocenters. The maximum atomic E-state index is 13.2. The molecule has 7 nitrogen and oxygen atoms in total. The van der Waals surface area contributed by atoms with Gasteiger partial charge in [-0.3, -0.25) is 14.4 Å². The molecule has 1 aliphatic heterocycles. The highest BCUT2D eigenvalue weighted by Gasteiger charge is 2.32. The van der Waals surface area contributed by atoms with Crippen LogP contribution in [0.2, 0.25) is 5.02 Å². The molecule has 0 unspecified atom stereocenters. The Labute approximate surface area is 236 Å². The summed E-state index contributed by atoms with van der Waals surface area (Å²) in [6.45, 7) is 6.40. The predicted octanol–water partition coefficient (Wildman–Crippen LogP) is 5.56. The molecular formula is C28H26Cl2N6OS. The first-order valence-electron chi connectivity index (χ1n) is 11.8. The van der Waals surface area contributed by atoms with Crippen molar-refractivity contribution in [2.24, 2.45) is 10.7 Å². The minimum Gasteiger partial charge on any atom is -0.326 e. The zero-order valence-electron chi connectivity index (χ0n) is 21.1. The molecule has 2 aromatic carbocycles. The Kier molecular flexibility index (Phi) is 8.34. The van der Waals surface area contributed by atoms with Crippen LogP contribution in [0, 0.1) is 32.6 Å². The normalized spacial score (nSPS) is 13.7. The predicted molar refractivity (Wildman–Crippen MR) is 156 cm³/mol. The lowest BCUT2D eigenvalue weighted by Crippen LogP contribution is -2.17. The van der Waals surface area contributed by atoms with Crippen molar-refractivity contribution in [2.45, 2.75) is 33.2 Å². The van der Waals surface area contributed by atoms with Crippen molar-refractivity contribution in [1.29, 1.82) is 0 Å². The molecule has 0 saturated heterocycles. The summed E-state index contributed by atoms with van der Waals surface area (Å²) in [4.78, 5) is 19.6. The number of carbonyl (C=O) groups excluding carboxylic acids is 1. The zero-order chi connectivity index (χ0) is 26.1. The molecule has 4 aromatic rings. The van der Waals surface area contributed by atoms with E-state index in [9.17, 15) is 4.79 Å². The van der Waals surface area contributed by atoms with Crippen molar-refractivity contribution in [2.75, 3.05) is 11.9 Å². The molecule has 1 aliphatic rings. The molecule has 0 fully saturated rings. The summed E-state index contributed by atoms with van der Waals surface area (Å²) in [7, 11) is 0. The van der Waals surface area contributed by atoms with Crippen LogP contribution < -0.4 is 11.1 Å². The number of amides is 1. The number of thiophene rings is 1. The standard InChI is InChI=1S/C28H25ClN6OS.ClH/c1-16-17(2)37-28-25(16)26(20-9-11-21(29)12-10-20)32-23(27-34-33-18(3)35(27)28)15-24(36)31-22-8-4-6-19(14-22)7-5-13-30;/h4,6,8-12,14,23H,13,15,30H2,1-3H3,(H,31,36);1H/t23-;/m0./s1. The number of nitrogens with one attached hydrogen (secondary N) is 1. The van der Waals surface area contributed by atoms with Crippen LogP contribution in [0.4, 0.5) is 5.69 Å². The number of halogens is 2. The fourth-order valence-electron chi connectivity index (χ4n) is 4.35. The molecule has 3 heterocycles. The first kappa shape index (κ1) is 27.6. The maximum Gasteiger partial charge on any atom is 0.227 e. The molecule has 3 N–H and O–H groups in total. The van der Waals surface area contributed by atoms with E-state index < -0.39 is 6.04 Å². The van der Waals surface area contributed by atoms with Crippen molar-refractivity contribution in [1.82, 2.24) is 14.8 Å². The van der Waals surface area contributed by atoms with Gasteiger partial charge in [-0.05, 0) is 56.7 Å². The Morgan fingerprint density at radius 3 is 2.66 bits per heavy atom. The largest absolute Gasteiger partial charge is 0.326 e. The molecule has 0 spiro atoms. The first-order chi connectivity index (χ1) is 17.9. The molecule has 5 rings (SSSR count). The summed E-state index contributed by atoms with van der Waals surface area (Å²) in [6.07, 6.45) is 0.0981. The molecule has 1 amide bonds. The molecule has 38 heavy (non-hydrogen) atoms. The summed E-state index contributed by atoms with van der Waals surface area (Å²) in [6, 6.07) is 14.5. The number of hydrogen-bond donors (Lipinski definition) is 2. The van der Waals surface area contributed by atoms with Gasteiger partial charge in [-0.15, -0.1) is 33.9 Å². The van der Waals surface area contributed by atoms with E-state index >= 15 is 0 Å². The Bertz CT molecular complexity index is 1590. The SMILES string of the molecule is Cc1sc2c(c1C)C(c1ccc(Cl)cc1)=N[C@@H](CC(=O)Nc1cccc(C#CCN)c1)c1nnc(C)n1-2.Cl. The van der Waals surface area contributed by atoms with Gasteiger partial charge in [0.25, 0.3) is 0 Å². The van der Waals surface area contributed by atoms with Crippen molar-refractivity contribution >= 4 is 52.7 Å². The smallest absolute Gasteiger partial charge is 0.227 e. The van der Waals surface area contributed by atoms with Crippen molar-refractivity contribution < 1.29 is 4.79 Å². The van der Waals surface area contributed by atoms with Gasteiger partial charge in [0.05, 0.1) is 18.7 Å². The van der Waals surface area contributed by atoms with Crippen LogP contribution in [-0.2, 0) is 4.79 Å². The lowest BCUT2D eigenvalue weighted by Gasteiger charge is -2.13. The van der Waals surface area contributed by atoms with Gasteiger partial charge in [0.1, 0.15) is 16.9 Å². The maximum absolute atomic E-state index is 13.2. The van der Waals surface area contributed by atoms with E-state index in [1.807, 2.05) is 60.0 Å². The van der Waals surface area contributed by atoms with Gasteiger partial charge in [0.15, 0.2) is 5.82 Å². The van der Waals surface area contributed by atoms with Crippen LogP contribution in [0.5, 0.6) is 0 Å². The average molecular weight is 566 g/mol. The summed E-state index contributed by atoms with van der Waals surface area (Å²) in [5, 5.41) is 13.5. The quantitative estimate of drug-likeness (QED) is 0.317. The lowest BCUT2D eigenvalue weighted by atomic mass is 9.99. The summed E-state index contributed by atoms with van der Waals surface area (Å²) in [5.41, 5.74) is 10.8. The molecular weight excluding hydrogens is 539 g/mol. The summed E-state index contributed by atoms with van der Waals surface area (Å²) in [5.74, 6) is 7.03. The van der Waals surface area contributed by atoms with Crippen LogP contribution in [0.15, 0.2) is 53.5 Å². The third kappa shape index (κ3) is 5.38. The Balaban J connectivity index is 0.00000336. The van der Waals surface area contributed by atoms with Crippen molar-refractivity contribution in [3.63, 3.8) is 0 Å². The van der Waals surface area contributed by atoms with Gasteiger partial charge in [0, 0.05) is 32.3 Å². The molecule has 194 valence electrons. The molecule has 10 heteroatoms. The summed E-state index contributed by atoms with van der Waals surface area (Å²) < 4.78 is 2.04. The van der Waals surface area contributed by atoms with Crippen LogP contribution >= 0.6 is 35.3 Å². The second kappa shape index (κ2) is 11.5. The first-order valence-corrected chi connectivity index (χ1v) is 13.0. The number of hydrogen-bond acceptors (Lipinski definition) is 6. The van der Waals surface area contributed by atoms with Crippen LogP contribution in [-0.4, -0.2) is 32.9 Å². The Hall–Kier alpha value is -3.48. The third-order valence-corrected chi connectivity index (χ3v) is 7.66. The average Bonchev–Trinajstić information content (AvgIpc) is 3.35. The van der Waals surface area contributed by atoms with E-state index in [-0.39, 0.29) is 31.3 Å². The molecule has 0 radical (unpaired) electrons. The summed E-state index contributed by atoms with van der Waals surface area (Å²) >= 11 is 7.86. The highest BCUT2D eigenvalue weighted by molar-refractivity contribution is 7.15. The number of rotatable bonds is 4. The van der Waals surface area contributed by atoms with E-state index in [0.717, 1.165) is 38.8 Å². The number of anilines is 1. The van der Waals surface area contributed by atoms with Crippen LogP contribution in [0.3, 0.4) is 0 Å². The highest BCUT2D eigenvalue weighted by Crippen LogP contribution is 2.39. The van der Waals surface area contributed by atoms with E-state index in [2.05, 4.69) is 41.2 Å². The number of aryl methyl sites for hydroxylation is 2. The second-order valence-electron chi connectivity index (χ2n) is 8.74. The second-order valence-corrected chi connectivity index (χ2v) is 10.4. The fourth-order valence-corrected chi connectivity index (χ4v) is 5.69. The molecule has 2 aromatic heterocycles. The number of aromatic nitrogens is 3. The number of aliphatic imine (C=N–C) groups is 1. The van der Waals surface area contributed by atoms with Gasteiger partial charge in [-0.25, -0.2) is 0 Å². The fraction of sp³-hybridized carbons (Fsp3) is 0.214. The van der Waals surface area contributed by atoms with Gasteiger partial charge < -0.3 is 11.1 Å². The lowest BCUT2D eigenvalue weighted by molar-refractivity contribution is -0.116. The minimum atomic E-state index is -0.536. The molecule has 0 aliphatic carbocycles. The minimum absolute atomic E-state index is 0. The van der Waals surface area contributed by atoms with E-state index in [4.69, 9.17) is 22.3 Å². The zero-order valence-corrected chi connectivity index (χ0v) is 23.5. The van der Waals surface area contributed by atoms with Crippen LogP contribution in [0.25, 0.3) is 5.00 Å². The van der Waals surface area contributed by atoms with Crippen LogP contribution in [0.1, 0.15) is 51.2 Å². The van der Waals surface area contributed by atoms with E-state index in [1.54, 1.807) is 11.3 Å². The number of benzene rings is 2. The van der Waals surface area contributed by atoms with Gasteiger partial charge in [0.2, 0.25) is 5.91 Å². The molecule has 0 bridgehead atoms. The molecule has 0 saturated carbocycles. The number of nitrogens with two attached hydrogens (primary N) is 1. The highest BCUT2D eigenvalue weighted by atomic mass is 35.5. The van der Waals surface area contributed by atoms with Crippen molar-refractivity contribution in [3.8, 4) is 16.8 Å². The number of nitrogens with zero attached hydrogens (tertiary/aromatic N) is 4. The Morgan fingerprint density at radius 1 is 1.16 bits per heavy atom. The topological polar surface area (TPSA) is 98.2 Å². The monoisotopic (exact) mass is 564 g/mol. The third-order valence-electron chi connectivity index (χ3n) is 6.22. The van der Waals surface area contributed by atoms with Gasteiger partial charge >= 0.3 is 0 Å². The van der Waals surface area contributed by atoms with Gasteiger partial charge in [-0.1, -0.05) is 41.6 Å². The Morgan fingerprint density at radius 2 is 1.92 bits per heavy atom. The number of carbonyl (C=O) groups is 1. The number of fused-ring (bicyclic) bond motifs is 3.